The molecule has 0 radical (unpaired) electrons. The van der Waals surface area contributed by atoms with Crippen LogP contribution in [0.1, 0.15) is 18.4 Å². The Labute approximate surface area is 172 Å². The number of pyridine rings is 1. The molecule has 29 heavy (non-hydrogen) atoms. The zero-order valence-corrected chi connectivity index (χ0v) is 18.0. The number of aryl methyl sites for hydroxylation is 1. The molecule has 3 aromatic rings. The highest BCUT2D eigenvalue weighted by atomic mass is 32.2. The fourth-order valence-electron chi connectivity index (χ4n) is 4.08. The molecule has 4 rings (SSSR count). The molecule has 0 bridgehead atoms. The molecule has 6 heteroatoms. The molecule has 0 spiro atoms. The SMILES string of the molecule is Cc1ccc(N2CCC(N(C)C)CC2)c2ncc(S(=O)(=O)c3ccccc3)cc12. The summed E-state index contributed by atoms with van der Waals surface area (Å²) in [5.41, 5.74) is 3.00. The van der Waals surface area contributed by atoms with Crippen LogP contribution in [0.15, 0.2) is 64.5 Å². The van der Waals surface area contributed by atoms with Gasteiger partial charge in [0.1, 0.15) is 0 Å². The fourth-order valence-corrected chi connectivity index (χ4v) is 5.34. The summed E-state index contributed by atoms with van der Waals surface area (Å²) in [4.78, 5) is 9.83. The Morgan fingerprint density at radius 3 is 2.34 bits per heavy atom. The van der Waals surface area contributed by atoms with Gasteiger partial charge in [-0.3, -0.25) is 4.98 Å². The second kappa shape index (κ2) is 7.76. The zero-order valence-electron chi connectivity index (χ0n) is 17.2. The van der Waals surface area contributed by atoms with E-state index in [2.05, 4.69) is 41.0 Å². The molecule has 1 aromatic heterocycles. The van der Waals surface area contributed by atoms with Crippen molar-refractivity contribution >= 4 is 26.4 Å². The summed E-state index contributed by atoms with van der Waals surface area (Å²) in [5, 5.41) is 0.897. The van der Waals surface area contributed by atoms with Crippen molar-refractivity contribution in [3.05, 3.63) is 60.3 Å². The Bertz CT molecular complexity index is 1120. The highest BCUT2D eigenvalue weighted by Crippen LogP contribution is 2.32. The molecule has 1 saturated heterocycles. The summed E-state index contributed by atoms with van der Waals surface area (Å²) in [7, 11) is 0.690. The van der Waals surface area contributed by atoms with Crippen LogP contribution in [0.4, 0.5) is 5.69 Å². The first-order chi connectivity index (χ1) is 13.9. The maximum atomic E-state index is 13.0. The Kier molecular flexibility index (Phi) is 5.32. The number of benzene rings is 2. The third kappa shape index (κ3) is 3.74. The van der Waals surface area contributed by atoms with E-state index in [9.17, 15) is 8.42 Å². The van der Waals surface area contributed by atoms with E-state index in [1.165, 1.54) is 6.20 Å². The molecular weight excluding hydrogens is 382 g/mol. The maximum Gasteiger partial charge on any atom is 0.208 e. The predicted molar refractivity (Wildman–Crippen MR) is 117 cm³/mol. The molecule has 2 heterocycles. The van der Waals surface area contributed by atoms with E-state index in [4.69, 9.17) is 0 Å². The van der Waals surface area contributed by atoms with Crippen molar-refractivity contribution in [2.45, 2.75) is 35.6 Å². The van der Waals surface area contributed by atoms with Gasteiger partial charge in [-0.25, -0.2) is 8.42 Å². The van der Waals surface area contributed by atoms with Crippen LogP contribution in [0.2, 0.25) is 0 Å². The van der Waals surface area contributed by atoms with Gasteiger partial charge in [0.2, 0.25) is 9.84 Å². The van der Waals surface area contributed by atoms with E-state index in [-0.39, 0.29) is 4.90 Å². The average molecular weight is 410 g/mol. The number of piperidine rings is 1. The quantitative estimate of drug-likeness (QED) is 0.654. The highest BCUT2D eigenvalue weighted by Gasteiger charge is 2.24. The van der Waals surface area contributed by atoms with Gasteiger partial charge >= 0.3 is 0 Å². The number of anilines is 1. The maximum absolute atomic E-state index is 13.0. The van der Waals surface area contributed by atoms with Gasteiger partial charge < -0.3 is 9.80 Å². The third-order valence-electron chi connectivity index (χ3n) is 5.92. The largest absolute Gasteiger partial charge is 0.370 e. The van der Waals surface area contributed by atoms with E-state index in [1.54, 1.807) is 30.3 Å². The van der Waals surface area contributed by atoms with Gasteiger partial charge in [0.25, 0.3) is 0 Å². The minimum absolute atomic E-state index is 0.239. The molecule has 1 aliphatic rings. The van der Waals surface area contributed by atoms with Crippen LogP contribution in [0.5, 0.6) is 0 Å². The Balaban J connectivity index is 1.73. The van der Waals surface area contributed by atoms with Crippen LogP contribution in [0.3, 0.4) is 0 Å². The number of hydrogen-bond acceptors (Lipinski definition) is 5. The summed E-state index contributed by atoms with van der Waals surface area (Å²) >= 11 is 0. The third-order valence-corrected chi connectivity index (χ3v) is 7.66. The minimum Gasteiger partial charge on any atom is -0.370 e. The van der Waals surface area contributed by atoms with E-state index in [0.29, 0.717) is 10.9 Å². The number of fused-ring (bicyclic) bond motifs is 1. The summed E-state index contributed by atoms with van der Waals surface area (Å²) in [5.74, 6) is 0. The second-order valence-corrected chi connectivity index (χ2v) is 9.92. The summed E-state index contributed by atoms with van der Waals surface area (Å²) in [6.07, 6.45) is 3.73. The van der Waals surface area contributed by atoms with Gasteiger partial charge in [0.05, 0.1) is 21.0 Å². The number of hydrogen-bond donors (Lipinski definition) is 0. The normalized spacial score (nSPS) is 15.9. The molecule has 0 aliphatic carbocycles. The number of rotatable bonds is 4. The molecule has 2 aromatic carbocycles. The molecule has 0 N–H and O–H groups in total. The van der Waals surface area contributed by atoms with Crippen molar-refractivity contribution in [1.29, 1.82) is 0 Å². The monoisotopic (exact) mass is 409 g/mol. The first-order valence-electron chi connectivity index (χ1n) is 9.99. The summed E-state index contributed by atoms with van der Waals surface area (Å²) < 4.78 is 26.0. The summed E-state index contributed by atoms with van der Waals surface area (Å²) in [6, 6.07) is 15.1. The molecule has 1 aliphatic heterocycles. The van der Waals surface area contributed by atoms with Crippen molar-refractivity contribution in [3.8, 4) is 0 Å². The van der Waals surface area contributed by atoms with E-state index in [0.717, 1.165) is 48.1 Å². The van der Waals surface area contributed by atoms with Crippen LogP contribution in [0, 0.1) is 6.92 Å². The lowest BCUT2D eigenvalue weighted by atomic mass is 10.0. The van der Waals surface area contributed by atoms with Gasteiger partial charge in [-0.2, -0.15) is 0 Å². The fraction of sp³-hybridized carbons (Fsp3) is 0.348. The van der Waals surface area contributed by atoms with Gasteiger partial charge in [0, 0.05) is 30.7 Å². The van der Waals surface area contributed by atoms with Crippen LogP contribution in [-0.2, 0) is 9.84 Å². The lowest BCUT2D eigenvalue weighted by Crippen LogP contribution is -2.42. The highest BCUT2D eigenvalue weighted by molar-refractivity contribution is 7.91. The van der Waals surface area contributed by atoms with Gasteiger partial charge in [-0.05, 0) is 63.7 Å². The molecule has 1 fully saturated rings. The predicted octanol–water partition coefficient (Wildman–Crippen LogP) is 3.91. The molecule has 5 nitrogen and oxygen atoms in total. The number of sulfone groups is 1. The summed E-state index contributed by atoms with van der Waals surface area (Å²) in [6.45, 7) is 3.96. The molecular formula is C23H27N3O2S. The molecule has 0 unspecified atom stereocenters. The zero-order chi connectivity index (χ0) is 20.6. The van der Waals surface area contributed by atoms with Crippen LogP contribution < -0.4 is 4.90 Å². The number of aromatic nitrogens is 1. The first kappa shape index (κ1) is 19.9. The van der Waals surface area contributed by atoms with E-state index >= 15 is 0 Å². The van der Waals surface area contributed by atoms with E-state index in [1.807, 2.05) is 13.0 Å². The van der Waals surface area contributed by atoms with Gasteiger partial charge in [-0.1, -0.05) is 24.3 Å². The molecule has 0 atom stereocenters. The number of nitrogens with zero attached hydrogens (tertiary/aromatic N) is 3. The van der Waals surface area contributed by atoms with Crippen molar-refractivity contribution in [2.24, 2.45) is 0 Å². The van der Waals surface area contributed by atoms with Crippen LogP contribution in [-0.4, -0.2) is 51.5 Å². The minimum atomic E-state index is -3.58. The molecule has 0 amide bonds. The van der Waals surface area contributed by atoms with Crippen molar-refractivity contribution in [3.63, 3.8) is 0 Å². The lowest BCUT2D eigenvalue weighted by molar-refractivity contribution is 0.250. The van der Waals surface area contributed by atoms with Crippen LogP contribution in [0.25, 0.3) is 10.9 Å². The Hall–Kier alpha value is -2.44. The standard InChI is InChI=1S/C23H27N3O2S/c1-17-9-10-22(26-13-11-18(12-14-26)25(2)3)23-21(17)15-20(16-24-23)29(27,28)19-7-5-4-6-8-19/h4-10,15-16,18H,11-14H2,1-3H3. The topological polar surface area (TPSA) is 53.5 Å². The first-order valence-corrected chi connectivity index (χ1v) is 11.5. The van der Waals surface area contributed by atoms with Crippen LogP contribution >= 0.6 is 0 Å². The average Bonchev–Trinajstić information content (AvgIpc) is 2.74. The van der Waals surface area contributed by atoms with E-state index < -0.39 is 9.84 Å². The molecule has 0 saturated carbocycles. The van der Waals surface area contributed by atoms with Gasteiger partial charge in [0.15, 0.2) is 0 Å². The Morgan fingerprint density at radius 1 is 1.00 bits per heavy atom. The van der Waals surface area contributed by atoms with Crippen molar-refractivity contribution in [2.75, 3.05) is 32.1 Å². The molecule has 152 valence electrons. The lowest BCUT2D eigenvalue weighted by Gasteiger charge is -2.36. The second-order valence-electron chi connectivity index (χ2n) is 7.97. The Morgan fingerprint density at radius 2 is 1.69 bits per heavy atom. The van der Waals surface area contributed by atoms with Gasteiger partial charge in [-0.15, -0.1) is 0 Å². The smallest absolute Gasteiger partial charge is 0.208 e. The van der Waals surface area contributed by atoms with Crippen molar-refractivity contribution in [1.82, 2.24) is 9.88 Å². The van der Waals surface area contributed by atoms with Crippen molar-refractivity contribution < 1.29 is 8.42 Å².